The molecule has 1 aromatic rings. The number of carboxylic acid groups (broad SMARTS) is 1. The Morgan fingerprint density at radius 2 is 1.67 bits per heavy atom. The number of hydrogen-bond donors (Lipinski definition) is 2. The molecule has 0 aliphatic heterocycles. The van der Waals surface area contributed by atoms with Gasteiger partial charge in [-0.3, -0.25) is 9.59 Å². The molecule has 0 aliphatic carbocycles. The van der Waals surface area contributed by atoms with Crippen molar-refractivity contribution in [2.45, 2.75) is 71.1 Å². The van der Waals surface area contributed by atoms with Crippen molar-refractivity contribution in [2.75, 3.05) is 5.32 Å². The van der Waals surface area contributed by atoms with Crippen LogP contribution in [-0.2, 0) is 9.59 Å². The summed E-state index contributed by atoms with van der Waals surface area (Å²) in [5.74, 6) is -1.89. The summed E-state index contributed by atoms with van der Waals surface area (Å²) in [6.45, 7) is 2.22. The maximum atomic E-state index is 12.1. The second-order valence-electron chi connectivity index (χ2n) is 6.91. The van der Waals surface area contributed by atoms with Crippen molar-refractivity contribution >= 4 is 33.5 Å². The van der Waals surface area contributed by atoms with E-state index in [1.165, 1.54) is 38.5 Å². The number of amides is 1. The Kier molecular flexibility index (Phi) is 12.5. The standard InChI is InChI=1S/C22H32BrNO3/c1-2-3-4-5-6-7-8-9-10-11-12-18(22(26)27)17-21(25)24-20-15-13-19(23)14-16-20/h10-11,13-16,18H,2-9,12,17H2,1H3,(H,24,25)(H,26,27)/b11-10-/t18-/m0/s1. The van der Waals surface area contributed by atoms with E-state index >= 15 is 0 Å². The van der Waals surface area contributed by atoms with Crippen LogP contribution in [0.2, 0.25) is 0 Å². The third-order valence-electron chi connectivity index (χ3n) is 4.47. The van der Waals surface area contributed by atoms with Gasteiger partial charge in [0.1, 0.15) is 0 Å². The first-order chi connectivity index (χ1) is 13.0. The summed E-state index contributed by atoms with van der Waals surface area (Å²) < 4.78 is 0.926. The van der Waals surface area contributed by atoms with E-state index in [0.29, 0.717) is 12.1 Å². The number of rotatable bonds is 14. The molecule has 1 atom stereocenters. The second-order valence-corrected chi connectivity index (χ2v) is 7.83. The van der Waals surface area contributed by atoms with E-state index < -0.39 is 11.9 Å². The smallest absolute Gasteiger partial charge is 0.307 e. The molecule has 4 nitrogen and oxygen atoms in total. The quantitative estimate of drug-likeness (QED) is 0.255. The van der Waals surface area contributed by atoms with Gasteiger partial charge in [0.2, 0.25) is 5.91 Å². The highest BCUT2D eigenvalue weighted by Gasteiger charge is 2.20. The third kappa shape index (κ3) is 11.6. The van der Waals surface area contributed by atoms with Crippen molar-refractivity contribution in [2.24, 2.45) is 5.92 Å². The van der Waals surface area contributed by atoms with Crippen LogP contribution < -0.4 is 5.32 Å². The fourth-order valence-electron chi connectivity index (χ4n) is 2.84. The fraction of sp³-hybridized carbons (Fsp3) is 0.545. The summed E-state index contributed by atoms with van der Waals surface area (Å²) in [7, 11) is 0. The van der Waals surface area contributed by atoms with Crippen LogP contribution in [-0.4, -0.2) is 17.0 Å². The largest absolute Gasteiger partial charge is 0.481 e. The summed E-state index contributed by atoms with van der Waals surface area (Å²) in [5, 5.41) is 12.1. The highest BCUT2D eigenvalue weighted by molar-refractivity contribution is 9.10. The highest BCUT2D eigenvalue weighted by atomic mass is 79.9. The molecular weight excluding hydrogens is 406 g/mol. The molecule has 27 heavy (non-hydrogen) atoms. The first-order valence-corrected chi connectivity index (χ1v) is 10.8. The lowest BCUT2D eigenvalue weighted by molar-refractivity contribution is -0.143. The van der Waals surface area contributed by atoms with E-state index in [4.69, 9.17) is 0 Å². The molecule has 0 unspecified atom stereocenters. The lowest BCUT2D eigenvalue weighted by atomic mass is 10.00. The van der Waals surface area contributed by atoms with E-state index in [9.17, 15) is 14.7 Å². The van der Waals surface area contributed by atoms with Crippen molar-refractivity contribution in [3.63, 3.8) is 0 Å². The Hall–Kier alpha value is -1.62. The summed E-state index contributed by atoms with van der Waals surface area (Å²) in [6, 6.07) is 7.22. The number of carbonyl (C=O) groups is 2. The summed E-state index contributed by atoms with van der Waals surface area (Å²) in [4.78, 5) is 23.5. The first kappa shape index (κ1) is 23.4. The fourth-order valence-corrected chi connectivity index (χ4v) is 3.10. The van der Waals surface area contributed by atoms with E-state index in [1.807, 2.05) is 18.2 Å². The Morgan fingerprint density at radius 3 is 2.30 bits per heavy atom. The topological polar surface area (TPSA) is 66.4 Å². The Morgan fingerprint density at radius 1 is 1.04 bits per heavy atom. The minimum absolute atomic E-state index is 0.0207. The number of carbonyl (C=O) groups excluding carboxylic acids is 1. The Bertz CT molecular complexity index is 584. The molecule has 0 aromatic heterocycles. The molecule has 1 aromatic carbocycles. The molecule has 5 heteroatoms. The number of allylic oxidation sites excluding steroid dienone is 2. The van der Waals surface area contributed by atoms with Crippen LogP contribution in [0.1, 0.15) is 71.1 Å². The highest BCUT2D eigenvalue weighted by Crippen LogP contribution is 2.17. The number of nitrogens with one attached hydrogen (secondary N) is 1. The number of carboxylic acids is 1. The maximum absolute atomic E-state index is 12.1. The van der Waals surface area contributed by atoms with Crippen LogP contribution >= 0.6 is 15.9 Å². The molecule has 0 saturated carbocycles. The third-order valence-corrected chi connectivity index (χ3v) is 5.00. The minimum Gasteiger partial charge on any atom is -0.481 e. The van der Waals surface area contributed by atoms with Crippen LogP contribution in [0.25, 0.3) is 0 Å². The summed E-state index contributed by atoms with van der Waals surface area (Å²) in [6.07, 6.45) is 14.2. The van der Waals surface area contributed by atoms with Gasteiger partial charge in [0.15, 0.2) is 0 Å². The number of halogens is 1. The van der Waals surface area contributed by atoms with Crippen molar-refractivity contribution < 1.29 is 14.7 Å². The van der Waals surface area contributed by atoms with Gasteiger partial charge in [-0.05, 0) is 43.5 Å². The van der Waals surface area contributed by atoms with Crippen LogP contribution in [0.5, 0.6) is 0 Å². The zero-order valence-corrected chi connectivity index (χ0v) is 17.8. The number of unbranched alkanes of at least 4 members (excludes halogenated alkanes) is 7. The molecule has 0 bridgehead atoms. The number of anilines is 1. The molecule has 150 valence electrons. The van der Waals surface area contributed by atoms with Gasteiger partial charge in [0, 0.05) is 16.6 Å². The molecule has 0 spiro atoms. The first-order valence-electron chi connectivity index (χ1n) is 9.96. The van der Waals surface area contributed by atoms with E-state index in [0.717, 1.165) is 17.3 Å². The van der Waals surface area contributed by atoms with Crippen molar-refractivity contribution in [3.05, 3.63) is 40.9 Å². The average Bonchev–Trinajstić information content (AvgIpc) is 2.64. The molecule has 0 heterocycles. The number of benzene rings is 1. The number of hydrogen-bond acceptors (Lipinski definition) is 2. The molecule has 2 N–H and O–H groups in total. The van der Waals surface area contributed by atoms with Gasteiger partial charge in [-0.25, -0.2) is 0 Å². The van der Waals surface area contributed by atoms with Gasteiger partial charge >= 0.3 is 5.97 Å². The SMILES string of the molecule is CCCCCCCCC/C=C\C[C@@H](CC(=O)Nc1ccc(Br)cc1)C(=O)O. The average molecular weight is 438 g/mol. The molecule has 0 aliphatic rings. The van der Waals surface area contributed by atoms with Crippen molar-refractivity contribution in [1.82, 2.24) is 0 Å². The van der Waals surface area contributed by atoms with Crippen LogP contribution in [0.3, 0.4) is 0 Å². The minimum atomic E-state index is -0.929. The van der Waals surface area contributed by atoms with Crippen molar-refractivity contribution in [3.8, 4) is 0 Å². The lowest BCUT2D eigenvalue weighted by Gasteiger charge is -2.10. The number of aliphatic carboxylic acids is 1. The normalized spacial score (nSPS) is 12.2. The molecule has 0 saturated heterocycles. The Labute approximate surface area is 171 Å². The van der Waals surface area contributed by atoms with E-state index in [-0.39, 0.29) is 12.3 Å². The molecular formula is C22H32BrNO3. The van der Waals surface area contributed by atoms with Gasteiger partial charge in [-0.2, -0.15) is 0 Å². The molecule has 0 radical (unpaired) electrons. The predicted octanol–water partition coefficient (Wildman–Crippen LogP) is 6.57. The maximum Gasteiger partial charge on any atom is 0.307 e. The predicted molar refractivity (Wildman–Crippen MR) is 115 cm³/mol. The molecule has 1 amide bonds. The van der Waals surface area contributed by atoms with Crippen LogP contribution in [0.4, 0.5) is 5.69 Å². The summed E-state index contributed by atoms with van der Waals surface area (Å²) in [5.41, 5.74) is 0.668. The zero-order valence-electron chi connectivity index (χ0n) is 16.3. The van der Waals surface area contributed by atoms with Crippen LogP contribution in [0, 0.1) is 5.92 Å². The molecule has 1 rings (SSSR count). The van der Waals surface area contributed by atoms with E-state index in [1.54, 1.807) is 12.1 Å². The van der Waals surface area contributed by atoms with Gasteiger partial charge < -0.3 is 10.4 Å². The lowest BCUT2D eigenvalue weighted by Crippen LogP contribution is -2.21. The second kappa shape index (κ2) is 14.4. The summed E-state index contributed by atoms with van der Waals surface area (Å²) >= 11 is 3.34. The Balaban J connectivity index is 2.25. The van der Waals surface area contributed by atoms with Gasteiger partial charge in [0.05, 0.1) is 5.92 Å². The monoisotopic (exact) mass is 437 g/mol. The molecule has 0 fully saturated rings. The van der Waals surface area contributed by atoms with E-state index in [2.05, 4.69) is 34.2 Å². The van der Waals surface area contributed by atoms with Crippen molar-refractivity contribution in [1.29, 1.82) is 0 Å². The zero-order chi connectivity index (χ0) is 19.9. The van der Waals surface area contributed by atoms with Gasteiger partial charge in [-0.1, -0.05) is 73.5 Å². The van der Waals surface area contributed by atoms with Crippen LogP contribution in [0.15, 0.2) is 40.9 Å². The van der Waals surface area contributed by atoms with Gasteiger partial charge in [0.25, 0.3) is 0 Å². The van der Waals surface area contributed by atoms with Gasteiger partial charge in [-0.15, -0.1) is 0 Å².